The monoisotopic (exact) mass is 455 g/mol. The fraction of sp³-hybridized carbons (Fsp3) is 0.250. The number of nitrogens with zero attached hydrogens (tertiary/aromatic N) is 2. The molecule has 0 fully saturated rings. The molecule has 0 unspecified atom stereocenters. The van der Waals surface area contributed by atoms with Gasteiger partial charge in [-0.2, -0.15) is 4.57 Å². The first-order chi connectivity index (χ1) is 14.5. The van der Waals surface area contributed by atoms with E-state index in [1.807, 2.05) is 12.1 Å². The van der Waals surface area contributed by atoms with E-state index in [-0.39, 0.29) is 18.3 Å². The molecule has 4 rings (SSSR count). The van der Waals surface area contributed by atoms with E-state index < -0.39 is 0 Å². The topological polar surface area (TPSA) is 45.5 Å². The van der Waals surface area contributed by atoms with E-state index in [0.29, 0.717) is 0 Å². The number of thioether (sulfide) groups is 1. The molecule has 0 aliphatic carbocycles. The molecule has 0 saturated heterocycles. The van der Waals surface area contributed by atoms with E-state index in [9.17, 15) is 4.79 Å². The van der Waals surface area contributed by atoms with Crippen molar-refractivity contribution in [2.75, 3.05) is 23.9 Å². The maximum Gasteiger partial charge on any atom is 0.221 e. The van der Waals surface area contributed by atoms with Crippen LogP contribution >= 0.6 is 11.8 Å². The molecule has 2 aromatic carbocycles. The minimum Gasteiger partial charge on any atom is -1.00 e. The summed E-state index contributed by atoms with van der Waals surface area (Å²) in [5.74, 6) is 0.807. The van der Waals surface area contributed by atoms with Crippen LogP contribution in [0.15, 0.2) is 58.5 Å². The molecule has 7 heteroatoms. The van der Waals surface area contributed by atoms with Gasteiger partial charge in [0.2, 0.25) is 17.1 Å². The number of methoxy groups -OCH3 is 1. The first-order valence-corrected chi connectivity index (χ1v) is 10.9. The number of hydrogen-bond acceptors (Lipinski definition) is 4. The van der Waals surface area contributed by atoms with Crippen molar-refractivity contribution in [1.82, 2.24) is 0 Å². The number of nitrogens with one attached hydrogen (secondary N) is 1. The second kappa shape index (κ2) is 9.62. The lowest BCUT2D eigenvalue weighted by molar-refractivity contribution is -0.669. The number of anilines is 2. The number of halogens is 1. The Morgan fingerprint density at radius 3 is 2.65 bits per heavy atom. The van der Waals surface area contributed by atoms with Gasteiger partial charge in [0.05, 0.1) is 23.2 Å². The minimum absolute atomic E-state index is 0. The van der Waals surface area contributed by atoms with Crippen LogP contribution in [-0.2, 0) is 11.3 Å². The smallest absolute Gasteiger partial charge is 0.221 e. The van der Waals surface area contributed by atoms with Crippen LogP contribution in [0.1, 0.15) is 26.5 Å². The van der Waals surface area contributed by atoms with E-state index in [4.69, 9.17) is 4.74 Å². The summed E-state index contributed by atoms with van der Waals surface area (Å²) in [6, 6.07) is 16.6. The van der Waals surface area contributed by atoms with Gasteiger partial charge in [-0.25, -0.2) is 0 Å². The lowest BCUT2D eigenvalue weighted by Gasteiger charge is -2.18. The van der Waals surface area contributed by atoms with Crippen LogP contribution in [0.4, 0.5) is 11.4 Å². The van der Waals surface area contributed by atoms with E-state index in [1.165, 1.54) is 22.4 Å². The van der Waals surface area contributed by atoms with Gasteiger partial charge >= 0.3 is 0 Å². The van der Waals surface area contributed by atoms with Gasteiger partial charge in [0.25, 0.3) is 0 Å². The Morgan fingerprint density at radius 2 is 1.97 bits per heavy atom. The normalized spacial score (nSPS) is 13.8. The second-order valence-electron chi connectivity index (χ2n) is 7.12. The molecule has 0 spiro atoms. The number of pyridine rings is 1. The van der Waals surface area contributed by atoms with Crippen molar-refractivity contribution in [2.45, 2.75) is 32.2 Å². The summed E-state index contributed by atoms with van der Waals surface area (Å²) in [5, 5.41) is 5.23. The third kappa shape index (κ3) is 4.50. The van der Waals surface area contributed by atoms with Crippen LogP contribution in [0.25, 0.3) is 17.0 Å². The largest absolute Gasteiger partial charge is 1.00 e. The summed E-state index contributed by atoms with van der Waals surface area (Å²) < 4.78 is 7.70. The summed E-state index contributed by atoms with van der Waals surface area (Å²) in [6.45, 7) is 7.57. The summed E-state index contributed by atoms with van der Waals surface area (Å²) >= 11 is 1.76. The molecule has 0 saturated carbocycles. The molecule has 1 amide bonds. The highest BCUT2D eigenvalue weighted by Crippen LogP contribution is 2.47. The third-order valence-corrected chi connectivity index (χ3v) is 6.34. The van der Waals surface area contributed by atoms with Gasteiger partial charge in [-0.1, -0.05) is 11.8 Å². The van der Waals surface area contributed by atoms with Crippen LogP contribution in [0.2, 0.25) is 0 Å². The van der Waals surface area contributed by atoms with Crippen molar-refractivity contribution < 1.29 is 26.5 Å². The van der Waals surface area contributed by atoms with Crippen molar-refractivity contribution >= 4 is 46.0 Å². The molecule has 162 valence electrons. The number of fused-ring (bicyclic) bond motifs is 2. The van der Waals surface area contributed by atoms with Crippen LogP contribution in [0, 0.1) is 0 Å². The van der Waals surface area contributed by atoms with Crippen molar-refractivity contribution in [3.8, 4) is 5.75 Å². The summed E-state index contributed by atoms with van der Waals surface area (Å²) in [6.07, 6.45) is 2.25. The van der Waals surface area contributed by atoms with Crippen LogP contribution in [0.5, 0.6) is 5.75 Å². The number of carbonyl (C=O) groups excluding carboxylic acids is 1. The maximum absolute atomic E-state index is 11.4. The maximum atomic E-state index is 11.4. The molecule has 0 atom stereocenters. The number of amides is 1. The van der Waals surface area contributed by atoms with E-state index >= 15 is 0 Å². The number of aryl methyl sites for hydroxylation is 1. The second-order valence-corrected chi connectivity index (χ2v) is 8.18. The van der Waals surface area contributed by atoms with E-state index in [0.717, 1.165) is 41.3 Å². The van der Waals surface area contributed by atoms with Crippen molar-refractivity contribution in [3.05, 3.63) is 59.3 Å². The molecule has 0 bridgehead atoms. The number of aromatic nitrogens is 1. The molecule has 1 aliphatic heterocycles. The predicted molar refractivity (Wildman–Crippen MR) is 124 cm³/mol. The van der Waals surface area contributed by atoms with Gasteiger partial charge in [0.15, 0.2) is 0 Å². The fourth-order valence-corrected chi connectivity index (χ4v) is 5.02. The Bertz CT molecular complexity index is 1160. The fourth-order valence-electron chi connectivity index (χ4n) is 3.86. The zero-order valence-corrected chi connectivity index (χ0v) is 19.7. The molecule has 1 aliphatic rings. The number of benzene rings is 2. The van der Waals surface area contributed by atoms with E-state index in [1.54, 1.807) is 18.9 Å². The zero-order chi connectivity index (χ0) is 21.3. The molecule has 1 aromatic heterocycles. The first kappa shape index (κ1) is 23.0. The number of ether oxygens (including phenoxy) is 1. The minimum atomic E-state index is -0.0591. The Balaban J connectivity index is 0.00000272. The number of rotatable bonds is 5. The molecule has 0 radical (unpaired) electrons. The van der Waals surface area contributed by atoms with Gasteiger partial charge in [-0.15, -0.1) is 0 Å². The molecule has 3 aromatic rings. The summed E-state index contributed by atoms with van der Waals surface area (Å²) in [5.41, 5.74) is 4.30. The molecule has 1 N–H and O–H groups in total. The lowest BCUT2D eigenvalue weighted by Crippen LogP contribution is -3.00. The average Bonchev–Trinajstić information content (AvgIpc) is 3.09. The van der Waals surface area contributed by atoms with Crippen molar-refractivity contribution in [1.29, 1.82) is 0 Å². The van der Waals surface area contributed by atoms with Crippen molar-refractivity contribution in [2.24, 2.45) is 0 Å². The lowest BCUT2D eigenvalue weighted by atomic mass is 10.1. The highest BCUT2D eigenvalue weighted by Gasteiger charge is 2.26. The average molecular weight is 456 g/mol. The van der Waals surface area contributed by atoms with Gasteiger partial charge in [-0.05, 0) is 50.2 Å². The van der Waals surface area contributed by atoms with E-state index in [2.05, 4.69) is 71.1 Å². The van der Waals surface area contributed by atoms with Gasteiger partial charge < -0.3 is 27.4 Å². The summed E-state index contributed by atoms with van der Waals surface area (Å²) in [4.78, 5) is 14.9. The molecule has 5 nitrogen and oxygen atoms in total. The Labute approximate surface area is 193 Å². The quantitative estimate of drug-likeness (QED) is 0.598. The molecular weight excluding hydrogens is 430 g/mol. The Kier molecular flexibility index (Phi) is 7.13. The number of hydrogen-bond donors (Lipinski definition) is 1. The molecule has 2 heterocycles. The van der Waals surface area contributed by atoms with Crippen LogP contribution < -0.4 is 31.9 Å². The standard InChI is InChI=1S/C24H25N3O2S.ClH/c1-5-26-19(9-7-17-13-20(29-4)10-11-21(17)26)15-24-27(6-2)22-14-18(25-16(3)28)8-12-23(22)30-24;/h7-15H,5-6H2,1-4H3;1H. The van der Waals surface area contributed by atoms with Crippen LogP contribution in [-0.4, -0.2) is 19.6 Å². The van der Waals surface area contributed by atoms with Crippen LogP contribution in [0.3, 0.4) is 0 Å². The third-order valence-electron chi connectivity index (χ3n) is 5.23. The first-order valence-electron chi connectivity index (χ1n) is 10.1. The highest BCUT2D eigenvalue weighted by molar-refractivity contribution is 8.03. The Morgan fingerprint density at radius 1 is 1.16 bits per heavy atom. The Hall–Kier alpha value is -2.70. The zero-order valence-electron chi connectivity index (χ0n) is 18.1. The molecule has 31 heavy (non-hydrogen) atoms. The van der Waals surface area contributed by atoms with Gasteiger partial charge in [-0.3, -0.25) is 4.79 Å². The molecular formula is C24H26ClN3O2S. The van der Waals surface area contributed by atoms with Gasteiger partial charge in [0, 0.05) is 42.3 Å². The van der Waals surface area contributed by atoms with Crippen molar-refractivity contribution in [3.63, 3.8) is 0 Å². The SMILES string of the molecule is CCN1/C(=C/c2ccc3cc(OC)ccc3[n+]2CC)Sc2ccc(NC(C)=O)cc21.[Cl-]. The van der Waals surface area contributed by atoms with Gasteiger partial charge in [0.1, 0.15) is 12.3 Å². The predicted octanol–water partition coefficient (Wildman–Crippen LogP) is 2.05. The number of carbonyl (C=O) groups is 1. The summed E-state index contributed by atoms with van der Waals surface area (Å²) in [7, 11) is 1.69. The highest BCUT2D eigenvalue weighted by atomic mass is 35.5.